The average Bonchev–Trinajstić information content (AvgIpc) is 2.70. The Morgan fingerprint density at radius 3 is 2.56 bits per heavy atom. The van der Waals surface area contributed by atoms with E-state index in [0.29, 0.717) is 6.04 Å². The number of unbranched alkanes of at least 4 members (excludes halogenated alkanes) is 1. The van der Waals surface area contributed by atoms with Crippen molar-refractivity contribution in [3.63, 3.8) is 0 Å². The molecule has 5 heteroatoms. The van der Waals surface area contributed by atoms with E-state index in [4.69, 9.17) is 9.73 Å². The summed E-state index contributed by atoms with van der Waals surface area (Å²) < 4.78 is 5.65. The molecule has 1 aliphatic rings. The Kier molecular flexibility index (Phi) is 9.08. The summed E-state index contributed by atoms with van der Waals surface area (Å²) in [7, 11) is 2.13. The summed E-state index contributed by atoms with van der Waals surface area (Å²) in [6, 6.07) is 11.0. The van der Waals surface area contributed by atoms with Crippen molar-refractivity contribution in [3.05, 3.63) is 35.9 Å². The second-order valence-electron chi connectivity index (χ2n) is 7.61. The van der Waals surface area contributed by atoms with Gasteiger partial charge in [0.15, 0.2) is 5.96 Å². The lowest BCUT2D eigenvalue weighted by Gasteiger charge is -2.40. The number of ether oxygens (including phenoxy) is 1. The SMILES string of the molecule is CCCCN(C)C(=NCC1(NC(C)c2ccccc2)CCOCC1)NCC. The van der Waals surface area contributed by atoms with Gasteiger partial charge in [-0.1, -0.05) is 43.7 Å². The average molecular weight is 375 g/mol. The first kappa shape index (κ1) is 21.7. The molecule has 152 valence electrons. The van der Waals surface area contributed by atoms with Gasteiger partial charge in [0.2, 0.25) is 0 Å². The maximum absolute atomic E-state index is 5.65. The summed E-state index contributed by atoms with van der Waals surface area (Å²) in [6.07, 6.45) is 4.36. The summed E-state index contributed by atoms with van der Waals surface area (Å²) in [5.41, 5.74) is 1.30. The van der Waals surface area contributed by atoms with Crippen molar-refractivity contribution in [1.82, 2.24) is 15.5 Å². The summed E-state index contributed by atoms with van der Waals surface area (Å²) in [6.45, 7) is 10.9. The fourth-order valence-corrected chi connectivity index (χ4v) is 3.59. The number of nitrogens with one attached hydrogen (secondary N) is 2. The van der Waals surface area contributed by atoms with Gasteiger partial charge in [0, 0.05) is 44.9 Å². The minimum absolute atomic E-state index is 0.0141. The quantitative estimate of drug-likeness (QED) is 0.512. The van der Waals surface area contributed by atoms with E-state index >= 15 is 0 Å². The highest BCUT2D eigenvalue weighted by atomic mass is 16.5. The van der Waals surface area contributed by atoms with Crippen LogP contribution in [0.3, 0.4) is 0 Å². The van der Waals surface area contributed by atoms with Gasteiger partial charge in [-0.3, -0.25) is 4.99 Å². The van der Waals surface area contributed by atoms with E-state index in [9.17, 15) is 0 Å². The minimum atomic E-state index is -0.0141. The van der Waals surface area contributed by atoms with Crippen LogP contribution < -0.4 is 10.6 Å². The minimum Gasteiger partial charge on any atom is -0.381 e. The second-order valence-corrected chi connectivity index (χ2v) is 7.61. The predicted octanol–water partition coefficient (Wildman–Crippen LogP) is 3.58. The van der Waals surface area contributed by atoms with Gasteiger partial charge in [0.25, 0.3) is 0 Å². The lowest BCUT2D eigenvalue weighted by molar-refractivity contribution is 0.0373. The standard InChI is InChI=1S/C22H38N4O/c1-5-7-15-26(4)21(23-6-2)24-18-22(13-16-27-17-14-22)25-19(3)20-11-9-8-10-12-20/h8-12,19,25H,5-7,13-18H2,1-4H3,(H,23,24). The van der Waals surface area contributed by atoms with E-state index in [1.807, 2.05) is 0 Å². The largest absolute Gasteiger partial charge is 0.381 e. The number of hydrogen-bond donors (Lipinski definition) is 2. The topological polar surface area (TPSA) is 48.9 Å². The van der Waals surface area contributed by atoms with Gasteiger partial charge >= 0.3 is 0 Å². The van der Waals surface area contributed by atoms with Crippen molar-refractivity contribution in [3.8, 4) is 0 Å². The van der Waals surface area contributed by atoms with Gasteiger partial charge in [-0.15, -0.1) is 0 Å². The number of nitrogens with zero attached hydrogens (tertiary/aromatic N) is 2. The molecular formula is C22H38N4O. The van der Waals surface area contributed by atoms with Crippen molar-refractivity contribution in [2.24, 2.45) is 4.99 Å². The van der Waals surface area contributed by atoms with Crippen LogP contribution >= 0.6 is 0 Å². The van der Waals surface area contributed by atoms with Crippen LogP contribution in [0.4, 0.5) is 0 Å². The molecule has 0 saturated carbocycles. The molecule has 0 amide bonds. The molecular weight excluding hydrogens is 336 g/mol. The van der Waals surface area contributed by atoms with E-state index in [1.54, 1.807) is 0 Å². The number of rotatable bonds is 9. The maximum atomic E-state index is 5.65. The second kappa shape index (κ2) is 11.3. The van der Waals surface area contributed by atoms with Crippen LogP contribution in [0.1, 0.15) is 58.1 Å². The van der Waals surface area contributed by atoms with E-state index < -0.39 is 0 Å². The van der Waals surface area contributed by atoms with E-state index in [-0.39, 0.29) is 5.54 Å². The van der Waals surface area contributed by atoms with E-state index in [1.165, 1.54) is 18.4 Å². The smallest absolute Gasteiger partial charge is 0.193 e. The molecule has 0 spiro atoms. The Labute approximate surface area is 165 Å². The lowest BCUT2D eigenvalue weighted by atomic mass is 9.88. The van der Waals surface area contributed by atoms with Gasteiger partial charge in [-0.25, -0.2) is 0 Å². The molecule has 1 atom stereocenters. The molecule has 0 aliphatic carbocycles. The molecule has 1 heterocycles. The zero-order chi connectivity index (χ0) is 19.5. The molecule has 0 bridgehead atoms. The Morgan fingerprint density at radius 1 is 1.22 bits per heavy atom. The van der Waals surface area contributed by atoms with Crippen molar-refractivity contribution >= 4 is 5.96 Å². The monoisotopic (exact) mass is 374 g/mol. The first-order valence-corrected chi connectivity index (χ1v) is 10.5. The van der Waals surface area contributed by atoms with Crippen molar-refractivity contribution in [2.75, 3.05) is 39.9 Å². The fraction of sp³-hybridized carbons (Fsp3) is 0.682. The van der Waals surface area contributed by atoms with E-state index in [2.05, 4.69) is 73.7 Å². The van der Waals surface area contributed by atoms with Crippen LogP contribution in [0.15, 0.2) is 35.3 Å². The number of hydrogen-bond acceptors (Lipinski definition) is 3. The molecule has 1 saturated heterocycles. The third kappa shape index (κ3) is 6.82. The highest BCUT2D eigenvalue weighted by molar-refractivity contribution is 5.79. The Hall–Kier alpha value is -1.59. The lowest BCUT2D eigenvalue weighted by Crippen LogP contribution is -2.53. The van der Waals surface area contributed by atoms with Crippen LogP contribution in [-0.4, -0.2) is 56.3 Å². The Balaban J connectivity index is 2.11. The zero-order valence-corrected chi connectivity index (χ0v) is 17.6. The third-order valence-corrected chi connectivity index (χ3v) is 5.35. The third-order valence-electron chi connectivity index (χ3n) is 5.35. The van der Waals surface area contributed by atoms with Crippen LogP contribution in [0.5, 0.6) is 0 Å². The normalized spacial score (nSPS) is 18.1. The molecule has 1 aromatic carbocycles. The predicted molar refractivity (Wildman–Crippen MR) is 114 cm³/mol. The molecule has 1 aromatic rings. The number of guanidine groups is 1. The van der Waals surface area contributed by atoms with Crippen LogP contribution in [-0.2, 0) is 4.74 Å². The molecule has 1 unspecified atom stereocenters. The molecule has 27 heavy (non-hydrogen) atoms. The molecule has 2 rings (SSSR count). The summed E-state index contributed by atoms with van der Waals surface area (Å²) in [5, 5.41) is 7.34. The first-order valence-electron chi connectivity index (χ1n) is 10.5. The van der Waals surface area contributed by atoms with Crippen molar-refractivity contribution < 1.29 is 4.74 Å². The number of aliphatic imine (C=N–C) groups is 1. The summed E-state index contributed by atoms with van der Waals surface area (Å²) in [5.74, 6) is 1.01. The fourth-order valence-electron chi connectivity index (χ4n) is 3.59. The van der Waals surface area contributed by atoms with Gasteiger partial charge in [0.1, 0.15) is 0 Å². The molecule has 1 aliphatic heterocycles. The molecule has 2 N–H and O–H groups in total. The molecule has 0 radical (unpaired) electrons. The van der Waals surface area contributed by atoms with Crippen LogP contribution in [0, 0.1) is 0 Å². The maximum Gasteiger partial charge on any atom is 0.193 e. The highest BCUT2D eigenvalue weighted by Crippen LogP contribution is 2.26. The molecule has 5 nitrogen and oxygen atoms in total. The van der Waals surface area contributed by atoms with Crippen LogP contribution in [0.25, 0.3) is 0 Å². The van der Waals surface area contributed by atoms with Crippen molar-refractivity contribution in [1.29, 1.82) is 0 Å². The Bertz CT molecular complexity index is 555. The number of benzene rings is 1. The van der Waals surface area contributed by atoms with Crippen molar-refractivity contribution in [2.45, 2.75) is 58.0 Å². The van der Waals surface area contributed by atoms with E-state index in [0.717, 1.165) is 51.6 Å². The Morgan fingerprint density at radius 2 is 1.93 bits per heavy atom. The summed E-state index contributed by atoms with van der Waals surface area (Å²) >= 11 is 0. The highest BCUT2D eigenvalue weighted by Gasteiger charge is 2.34. The van der Waals surface area contributed by atoms with Gasteiger partial charge in [0.05, 0.1) is 6.54 Å². The van der Waals surface area contributed by atoms with Gasteiger partial charge in [-0.2, -0.15) is 0 Å². The molecule has 1 fully saturated rings. The van der Waals surface area contributed by atoms with Crippen LogP contribution in [0.2, 0.25) is 0 Å². The molecule has 0 aromatic heterocycles. The van der Waals surface area contributed by atoms with Gasteiger partial charge in [-0.05, 0) is 38.7 Å². The summed E-state index contributed by atoms with van der Waals surface area (Å²) in [4.78, 5) is 7.27. The first-order chi connectivity index (χ1) is 13.1. The zero-order valence-electron chi connectivity index (χ0n) is 17.6. The van der Waals surface area contributed by atoms with Gasteiger partial charge < -0.3 is 20.3 Å².